The number of hydrogen-bond donors (Lipinski definition) is 0. The van der Waals surface area contributed by atoms with Gasteiger partial charge in [0.05, 0.1) is 18.4 Å². The molecule has 6 nitrogen and oxygen atoms in total. The molecule has 6 heteroatoms. The first-order valence-electron chi connectivity index (χ1n) is 6.92. The molecule has 3 rings (SSSR count). The summed E-state index contributed by atoms with van der Waals surface area (Å²) in [6.45, 7) is 0. The summed E-state index contributed by atoms with van der Waals surface area (Å²) in [7, 11) is 3.19. The second-order valence-electron chi connectivity index (χ2n) is 4.93. The van der Waals surface area contributed by atoms with E-state index in [0.29, 0.717) is 16.9 Å². The Kier molecular flexibility index (Phi) is 3.80. The standard InChI is InChI=1S/C17H14N2O4/c1-19-14-6-4-3-5-13(14)15(16(19)20)18-23-17(21)11-7-9-12(22-2)10-8-11/h3-10H,1-2H3/b18-15+. The van der Waals surface area contributed by atoms with E-state index in [9.17, 15) is 9.59 Å². The molecule has 0 saturated carbocycles. The number of methoxy groups -OCH3 is 1. The predicted molar refractivity (Wildman–Crippen MR) is 84.8 cm³/mol. The largest absolute Gasteiger partial charge is 0.497 e. The Labute approximate surface area is 132 Å². The van der Waals surface area contributed by atoms with Crippen LogP contribution in [0.15, 0.2) is 53.7 Å². The Balaban J connectivity index is 1.82. The number of para-hydroxylation sites is 1. The molecule has 0 bridgehead atoms. The highest BCUT2D eigenvalue weighted by atomic mass is 16.7. The number of hydrogen-bond acceptors (Lipinski definition) is 5. The van der Waals surface area contributed by atoms with E-state index in [1.807, 2.05) is 6.07 Å². The third kappa shape index (κ3) is 2.66. The van der Waals surface area contributed by atoms with Gasteiger partial charge in [0, 0.05) is 12.6 Å². The molecule has 0 spiro atoms. The number of carbonyl (C=O) groups is 2. The minimum atomic E-state index is -0.639. The maximum Gasteiger partial charge on any atom is 0.365 e. The first-order chi connectivity index (χ1) is 11.1. The molecule has 23 heavy (non-hydrogen) atoms. The van der Waals surface area contributed by atoms with Gasteiger partial charge in [0.15, 0.2) is 5.71 Å². The van der Waals surface area contributed by atoms with Gasteiger partial charge in [-0.3, -0.25) is 4.79 Å². The van der Waals surface area contributed by atoms with Crippen molar-refractivity contribution in [1.29, 1.82) is 0 Å². The van der Waals surface area contributed by atoms with Gasteiger partial charge in [-0.1, -0.05) is 23.4 Å². The number of nitrogens with zero attached hydrogens (tertiary/aromatic N) is 2. The maximum absolute atomic E-state index is 12.2. The third-order valence-corrected chi connectivity index (χ3v) is 3.57. The van der Waals surface area contributed by atoms with E-state index < -0.39 is 5.97 Å². The van der Waals surface area contributed by atoms with Gasteiger partial charge in [0.1, 0.15) is 5.75 Å². The molecule has 0 unspecified atom stereocenters. The lowest BCUT2D eigenvalue weighted by Gasteiger charge is -2.07. The van der Waals surface area contributed by atoms with Gasteiger partial charge >= 0.3 is 5.97 Å². The monoisotopic (exact) mass is 310 g/mol. The zero-order valence-electron chi connectivity index (χ0n) is 12.6. The van der Waals surface area contributed by atoms with Crippen LogP contribution in [-0.2, 0) is 9.63 Å². The van der Waals surface area contributed by atoms with Crippen LogP contribution >= 0.6 is 0 Å². The molecule has 0 N–H and O–H groups in total. The van der Waals surface area contributed by atoms with E-state index in [2.05, 4.69) is 5.16 Å². The van der Waals surface area contributed by atoms with Gasteiger partial charge in [-0.25, -0.2) is 4.79 Å². The molecule has 0 fully saturated rings. The molecule has 0 radical (unpaired) electrons. The Hall–Kier alpha value is -3.15. The molecule has 2 aromatic carbocycles. The van der Waals surface area contributed by atoms with Crippen molar-refractivity contribution in [1.82, 2.24) is 0 Å². The molecule has 1 heterocycles. The minimum Gasteiger partial charge on any atom is -0.497 e. The first kappa shape index (κ1) is 14.8. The maximum atomic E-state index is 12.2. The molecule has 116 valence electrons. The van der Waals surface area contributed by atoms with Gasteiger partial charge in [-0.05, 0) is 30.3 Å². The zero-order chi connectivity index (χ0) is 16.4. The molecule has 1 amide bonds. The van der Waals surface area contributed by atoms with Crippen LogP contribution in [0.4, 0.5) is 5.69 Å². The van der Waals surface area contributed by atoms with Crippen LogP contribution in [0.25, 0.3) is 0 Å². The van der Waals surface area contributed by atoms with Crippen LogP contribution < -0.4 is 9.64 Å². The number of oxime groups is 1. The van der Waals surface area contributed by atoms with E-state index in [4.69, 9.17) is 9.57 Å². The molecule has 0 aliphatic carbocycles. The summed E-state index contributed by atoms with van der Waals surface area (Å²) in [5.74, 6) is -0.317. The van der Waals surface area contributed by atoms with Crippen molar-refractivity contribution < 1.29 is 19.2 Å². The summed E-state index contributed by atoms with van der Waals surface area (Å²) in [4.78, 5) is 30.6. The van der Waals surface area contributed by atoms with E-state index in [1.54, 1.807) is 56.6 Å². The number of ether oxygens (including phenoxy) is 1. The van der Waals surface area contributed by atoms with Crippen LogP contribution in [-0.4, -0.2) is 31.7 Å². The number of amides is 1. The number of carbonyl (C=O) groups excluding carboxylic acids is 2. The lowest BCUT2D eigenvalue weighted by atomic mass is 10.1. The van der Waals surface area contributed by atoms with Gasteiger partial charge < -0.3 is 14.5 Å². The summed E-state index contributed by atoms with van der Waals surface area (Å²) < 4.78 is 5.03. The fraction of sp³-hybridized carbons (Fsp3) is 0.118. The quantitative estimate of drug-likeness (QED) is 0.644. The van der Waals surface area contributed by atoms with Crippen LogP contribution in [0.3, 0.4) is 0 Å². The Bertz CT molecular complexity index is 796. The molecule has 2 aromatic rings. The lowest BCUT2D eigenvalue weighted by molar-refractivity contribution is -0.112. The molecular formula is C17H14N2O4. The molecule has 0 saturated heterocycles. The van der Waals surface area contributed by atoms with Crippen LogP contribution in [0.2, 0.25) is 0 Å². The smallest absolute Gasteiger partial charge is 0.365 e. The summed E-state index contributed by atoms with van der Waals surface area (Å²) in [6, 6.07) is 13.6. The summed E-state index contributed by atoms with van der Waals surface area (Å²) in [5, 5.41) is 3.76. The summed E-state index contributed by atoms with van der Waals surface area (Å²) in [6.07, 6.45) is 0. The van der Waals surface area contributed by atoms with E-state index in [-0.39, 0.29) is 11.6 Å². The number of fused-ring (bicyclic) bond motifs is 1. The second kappa shape index (κ2) is 5.92. The topological polar surface area (TPSA) is 68.2 Å². The van der Waals surface area contributed by atoms with Crippen molar-refractivity contribution in [3.63, 3.8) is 0 Å². The third-order valence-electron chi connectivity index (χ3n) is 3.57. The van der Waals surface area contributed by atoms with E-state index in [1.165, 1.54) is 4.90 Å². The first-order valence-corrected chi connectivity index (χ1v) is 6.92. The second-order valence-corrected chi connectivity index (χ2v) is 4.93. The highest BCUT2D eigenvalue weighted by Gasteiger charge is 2.32. The number of benzene rings is 2. The highest BCUT2D eigenvalue weighted by Crippen LogP contribution is 2.27. The minimum absolute atomic E-state index is 0.116. The predicted octanol–water partition coefficient (Wildman–Crippen LogP) is 2.23. The summed E-state index contributed by atoms with van der Waals surface area (Å²) in [5.41, 5.74) is 1.81. The van der Waals surface area contributed by atoms with Crippen molar-refractivity contribution in [2.45, 2.75) is 0 Å². The van der Waals surface area contributed by atoms with Gasteiger partial charge in [0.2, 0.25) is 0 Å². The fourth-order valence-corrected chi connectivity index (χ4v) is 2.30. The molecule has 0 atom stereocenters. The Morgan fingerprint density at radius 1 is 1.09 bits per heavy atom. The van der Waals surface area contributed by atoms with Gasteiger partial charge in [-0.2, -0.15) is 0 Å². The number of likely N-dealkylation sites (N-methyl/N-ethyl adjacent to an activating group) is 1. The van der Waals surface area contributed by atoms with Crippen molar-refractivity contribution in [2.24, 2.45) is 5.16 Å². The molecule has 0 aromatic heterocycles. The fourth-order valence-electron chi connectivity index (χ4n) is 2.30. The van der Waals surface area contributed by atoms with Crippen molar-refractivity contribution >= 4 is 23.3 Å². The van der Waals surface area contributed by atoms with Crippen LogP contribution in [0, 0.1) is 0 Å². The van der Waals surface area contributed by atoms with Crippen molar-refractivity contribution in [3.8, 4) is 5.75 Å². The van der Waals surface area contributed by atoms with E-state index >= 15 is 0 Å². The molecular weight excluding hydrogens is 296 g/mol. The average Bonchev–Trinajstić information content (AvgIpc) is 2.84. The Morgan fingerprint density at radius 3 is 2.48 bits per heavy atom. The molecule has 1 aliphatic heterocycles. The number of anilines is 1. The Morgan fingerprint density at radius 2 is 1.78 bits per heavy atom. The van der Waals surface area contributed by atoms with Gasteiger partial charge in [0.25, 0.3) is 5.91 Å². The SMILES string of the molecule is COc1ccc(C(=O)O/N=C2/C(=O)N(C)c3ccccc32)cc1. The van der Waals surface area contributed by atoms with Gasteiger partial charge in [-0.15, -0.1) is 0 Å². The zero-order valence-corrected chi connectivity index (χ0v) is 12.6. The highest BCUT2D eigenvalue weighted by molar-refractivity contribution is 6.54. The summed E-state index contributed by atoms with van der Waals surface area (Å²) >= 11 is 0. The van der Waals surface area contributed by atoms with Crippen molar-refractivity contribution in [3.05, 3.63) is 59.7 Å². The number of rotatable bonds is 3. The van der Waals surface area contributed by atoms with Crippen LogP contribution in [0.1, 0.15) is 15.9 Å². The van der Waals surface area contributed by atoms with Crippen LogP contribution in [0.5, 0.6) is 5.75 Å². The normalized spacial score (nSPS) is 14.8. The van der Waals surface area contributed by atoms with Crippen molar-refractivity contribution in [2.75, 3.05) is 19.1 Å². The average molecular weight is 310 g/mol. The lowest BCUT2D eigenvalue weighted by Crippen LogP contribution is -2.25. The molecule has 1 aliphatic rings. The van der Waals surface area contributed by atoms with E-state index in [0.717, 1.165) is 5.69 Å².